The van der Waals surface area contributed by atoms with E-state index >= 15 is 0 Å². The lowest BCUT2D eigenvalue weighted by Gasteiger charge is -2.18. The molecule has 0 radical (unpaired) electrons. The maximum absolute atomic E-state index is 12.8. The van der Waals surface area contributed by atoms with Gasteiger partial charge in [0.25, 0.3) is 0 Å². The summed E-state index contributed by atoms with van der Waals surface area (Å²) in [6.07, 6.45) is 63.4. The molecule has 0 spiro atoms. The fourth-order valence-electron chi connectivity index (χ4n) is 7.49. The average Bonchev–Trinajstić information content (AvgIpc) is 3.28. The molecule has 0 bridgehead atoms. The van der Waals surface area contributed by atoms with Crippen LogP contribution in [-0.4, -0.2) is 37.2 Å². The van der Waals surface area contributed by atoms with Crippen LogP contribution in [0.2, 0.25) is 0 Å². The first-order chi connectivity index (χ1) is 31.0. The number of rotatable bonds is 48. The summed E-state index contributed by atoms with van der Waals surface area (Å²) in [5, 5.41) is 0. The number of hydrogen-bond donors (Lipinski definition) is 0. The predicted octanol–water partition coefficient (Wildman–Crippen LogP) is 17.6. The molecule has 0 rings (SSSR count). The van der Waals surface area contributed by atoms with E-state index in [-0.39, 0.29) is 31.1 Å². The van der Waals surface area contributed by atoms with Crippen molar-refractivity contribution in [3.63, 3.8) is 0 Å². The molecule has 0 saturated heterocycles. The largest absolute Gasteiger partial charge is 0.462 e. The van der Waals surface area contributed by atoms with Gasteiger partial charge in [0.1, 0.15) is 13.2 Å². The van der Waals surface area contributed by atoms with Crippen LogP contribution in [0.4, 0.5) is 0 Å². The normalized spacial score (nSPS) is 12.5. The average molecular weight is 881 g/mol. The van der Waals surface area contributed by atoms with Gasteiger partial charge in [-0.1, -0.05) is 223 Å². The highest BCUT2D eigenvalue weighted by atomic mass is 16.6. The van der Waals surface area contributed by atoms with Gasteiger partial charge in [-0.2, -0.15) is 0 Å². The van der Waals surface area contributed by atoms with E-state index in [4.69, 9.17) is 14.2 Å². The number of carbonyl (C=O) groups is 3. The van der Waals surface area contributed by atoms with Gasteiger partial charge in [-0.25, -0.2) is 0 Å². The molecule has 1 atom stereocenters. The lowest BCUT2D eigenvalue weighted by atomic mass is 10.1. The zero-order chi connectivity index (χ0) is 45.8. The Morgan fingerprint density at radius 1 is 0.333 bits per heavy atom. The Labute approximate surface area is 390 Å². The summed E-state index contributed by atoms with van der Waals surface area (Å²) in [6, 6.07) is 0. The number of carbonyl (C=O) groups excluding carboxylic acids is 3. The number of allylic oxidation sites excluding steroid dienone is 10. The molecule has 0 saturated carbocycles. The van der Waals surface area contributed by atoms with Crippen LogP contribution in [0.25, 0.3) is 0 Å². The van der Waals surface area contributed by atoms with Crippen LogP contribution in [0.15, 0.2) is 60.8 Å². The fraction of sp³-hybridized carbons (Fsp3) is 0.772. The predicted molar refractivity (Wildman–Crippen MR) is 270 cm³/mol. The molecule has 0 heterocycles. The van der Waals surface area contributed by atoms with Gasteiger partial charge in [0, 0.05) is 19.3 Å². The van der Waals surface area contributed by atoms with E-state index < -0.39 is 6.10 Å². The van der Waals surface area contributed by atoms with Crippen LogP contribution in [0.1, 0.15) is 265 Å². The minimum atomic E-state index is -0.782. The standard InChI is InChI=1S/C57H100O6/c1-4-7-10-13-16-19-22-24-26-27-28-29-31-32-35-38-41-44-47-50-56(59)62-53-54(52-61-55(58)49-46-43-40-37-34-21-18-15-12-9-6-3)63-57(60)51-48-45-42-39-36-33-30-25-23-20-17-14-11-8-5-2/h8,11,16-17,19-20,24-26,30,54H,4-7,9-10,12-15,18,21-23,27-29,31-53H2,1-3H3/b11-8-,19-16-,20-17-,26-24-,30-25-/t54-/m0/s1. The van der Waals surface area contributed by atoms with Gasteiger partial charge in [0.05, 0.1) is 0 Å². The minimum Gasteiger partial charge on any atom is -0.462 e. The summed E-state index contributed by atoms with van der Waals surface area (Å²) in [6.45, 7) is 6.49. The molecule has 6 nitrogen and oxygen atoms in total. The second-order valence-corrected chi connectivity index (χ2v) is 17.8. The zero-order valence-corrected chi connectivity index (χ0v) is 41.6. The van der Waals surface area contributed by atoms with Crippen molar-refractivity contribution < 1.29 is 28.6 Å². The number of hydrogen-bond acceptors (Lipinski definition) is 6. The summed E-state index contributed by atoms with van der Waals surface area (Å²) in [5.41, 5.74) is 0. The van der Waals surface area contributed by atoms with Crippen molar-refractivity contribution in [1.29, 1.82) is 0 Å². The molecule has 364 valence electrons. The van der Waals surface area contributed by atoms with Crippen molar-refractivity contribution in [3.8, 4) is 0 Å². The highest BCUT2D eigenvalue weighted by molar-refractivity contribution is 5.71. The van der Waals surface area contributed by atoms with Gasteiger partial charge in [0.2, 0.25) is 0 Å². The van der Waals surface area contributed by atoms with E-state index in [1.165, 1.54) is 122 Å². The van der Waals surface area contributed by atoms with Crippen molar-refractivity contribution in [1.82, 2.24) is 0 Å². The quantitative estimate of drug-likeness (QED) is 0.0262. The second-order valence-electron chi connectivity index (χ2n) is 17.8. The highest BCUT2D eigenvalue weighted by Gasteiger charge is 2.19. The molecule has 6 heteroatoms. The summed E-state index contributed by atoms with van der Waals surface area (Å²) in [5.74, 6) is -0.896. The van der Waals surface area contributed by atoms with Gasteiger partial charge in [-0.3, -0.25) is 14.4 Å². The lowest BCUT2D eigenvalue weighted by Crippen LogP contribution is -2.30. The summed E-state index contributed by atoms with van der Waals surface area (Å²) in [4.78, 5) is 38.0. The monoisotopic (exact) mass is 881 g/mol. The Kier molecular flexibility index (Phi) is 49.4. The molecule has 63 heavy (non-hydrogen) atoms. The molecule has 0 aliphatic heterocycles. The fourth-order valence-corrected chi connectivity index (χ4v) is 7.49. The van der Waals surface area contributed by atoms with E-state index in [1.807, 2.05) is 0 Å². The van der Waals surface area contributed by atoms with E-state index in [9.17, 15) is 14.4 Å². The third kappa shape index (κ3) is 50.0. The van der Waals surface area contributed by atoms with Crippen LogP contribution in [0.3, 0.4) is 0 Å². The maximum Gasteiger partial charge on any atom is 0.306 e. The Morgan fingerprint density at radius 2 is 0.619 bits per heavy atom. The first-order valence-corrected chi connectivity index (χ1v) is 26.8. The van der Waals surface area contributed by atoms with Crippen molar-refractivity contribution >= 4 is 17.9 Å². The van der Waals surface area contributed by atoms with E-state index in [1.54, 1.807) is 0 Å². The summed E-state index contributed by atoms with van der Waals surface area (Å²) < 4.78 is 16.8. The van der Waals surface area contributed by atoms with Gasteiger partial charge in [-0.05, 0) is 83.5 Å². The lowest BCUT2D eigenvalue weighted by molar-refractivity contribution is -0.167. The smallest absolute Gasteiger partial charge is 0.306 e. The Morgan fingerprint density at radius 3 is 1.00 bits per heavy atom. The van der Waals surface area contributed by atoms with Crippen LogP contribution in [-0.2, 0) is 28.6 Å². The van der Waals surface area contributed by atoms with E-state index in [0.29, 0.717) is 19.3 Å². The maximum atomic E-state index is 12.8. The molecule has 0 aromatic heterocycles. The van der Waals surface area contributed by atoms with Gasteiger partial charge in [-0.15, -0.1) is 0 Å². The summed E-state index contributed by atoms with van der Waals surface area (Å²) >= 11 is 0. The first-order valence-electron chi connectivity index (χ1n) is 26.8. The number of unbranched alkanes of at least 4 members (excludes halogenated alkanes) is 27. The highest BCUT2D eigenvalue weighted by Crippen LogP contribution is 2.15. The van der Waals surface area contributed by atoms with Gasteiger partial charge >= 0.3 is 17.9 Å². The molecule has 0 aliphatic rings. The molecule has 0 amide bonds. The van der Waals surface area contributed by atoms with Crippen molar-refractivity contribution in [2.45, 2.75) is 271 Å². The SMILES string of the molecule is CC/C=C\C/C=C\C/C=C\CCCCCCCC(=O)O[C@H](COC(=O)CCCCCCCCCCC/C=C\C/C=C\CCCCC)COC(=O)CCCCCCCCCCCCC. The molecular formula is C57H100O6. The van der Waals surface area contributed by atoms with Gasteiger partial charge in [0.15, 0.2) is 6.10 Å². The number of ether oxygens (including phenoxy) is 3. The third-order valence-corrected chi connectivity index (χ3v) is 11.5. The molecule has 0 N–H and O–H groups in total. The molecule has 0 unspecified atom stereocenters. The summed E-state index contributed by atoms with van der Waals surface area (Å²) in [7, 11) is 0. The number of esters is 3. The van der Waals surface area contributed by atoms with Crippen LogP contribution in [0.5, 0.6) is 0 Å². The molecule has 0 aliphatic carbocycles. The van der Waals surface area contributed by atoms with Crippen LogP contribution >= 0.6 is 0 Å². The first kappa shape index (κ1) is 60.1. The topological polar surface area (TPSA) is 78.9 Å². The van der Waals surface area contributed by atoms with E-state index in [2.05, 4.69) is 81.5 Å². The molecule has 0 fully saturated rings. The van der Waals surface area contributed by atoms with E-state index in [0.717, 1.165) is 103 Å². The second kappa shape index (κ2) is 51.7. The molecular weight excluding hydrogens is 781 g/mol. The Bertz CT molecular complexity index is 1150. The Hall–Kier alpha value is -2.89. The van der Waals surface area contributed by atoms with Gasteiger partial charge < -0.3 is 14.2 Å². The Balaban J connectivity index is 4.35. The minimum absolute atomic E-state index is 0.0807. The molecule has 0 aromatic rings. The molecule has 0 aromatic carbocycles. The van der Waals surface area contributed by atoms with Crippen molar-refractivity contribution in [2.75, 3.05) is 13.2 Å². The zero-order valence-electron chi connectivity index (χ0n) is 41.6. The van der Waals surface area contributed by atoms with Crippen molar-refractivity contribution in [2.24, 2.45) is 0 Å². The van der Waals surface area contributed by atoms with Crippen LogP contribution < -0.4 is 0 Å². The third-order valence-electron chi connectivity index (χ3n) is 11.5. The van der Waals surface area contributed by atoms with Crippen LogP contribution in [0, 0.1) is 0 Å². The van der Waals surface area contributed by atoms with Crippen molar-refractivity contribution in [3.05, 3.63) is 60.8 Å².